The number of hydrogen-bond acceptors (Lipinski definition) is 4. The van der Waals surface area contributed by atoms with Crippen molar-refractivity contribution in [3.05, 3.63) is 93.5 Å². The van der Waals surface area contributed by atoms with Crippen molar-refractivity contribution in [1.82, 2.24) is 10.2 Å². The molecule has 2 amide bonds. The lowest BCUT2D eigenvalue weighted by Gasteiger charge is -2.33. The number of sulfonamides is 1. The number of nitrogens with zero attached hydrogens (tertiary/aromatic N) is 2. The highest BCUT2D eigenvalue weighted by molar-refractivity contribution is 7.92. The molecule has 0 aliphatic carbocycles. The van der Waals surface area contributed by atoms with Crippen molar-refractivity contribution in [2.45, 2.75) is 71.0 Å². The standard InChI is InChI=1S/C31H37Cl2N3O4S/c1-6-23(5)34-31(38)29(7-2)35(19-24-12-8-21(3)9-13-24)30(37)20-36(27-17-25(32)16-26(33)18-27)41(39,40)28-14-10-22(4)11-15-28/h8-18,23,29H,6-7,19-20H2,1-5H3,(H,34,38)/t23-,29+/m0/s1. The second kappa shape index (κ2) is 14.2. The highest BCUT2D eigenvalue weighted by atomic mass is 35.5. The van der Waals surface area contributed by atoms with E-state index in [2.05, 4.69) is 5.32 Å². The van der Waals surface area contributed by atoms with E-state index in [9.17, 15) is 18.0 Å². The van der Waals surface area contributed by atoms with Gasteiger partial charge in [-0.25, -0.2) is 8.42 Å². The van der Waals surface area contributed by atoms with E-state index < -0.39 is 28.5 Å². The normalized spacial score (nSPS) is 12.9. The molecule has 0 saturated carbocycles. The van der Waals surface area contributed by atoms with Crippen molar-refractivity contribution in [1.29, 1.82) is 0 Å². The number of nitrogens with one attached hydrogen (secondary N) is 1. The maximum atomic E-state index is 14.1. The third-order valence-corrected chi connectivity index (χ3v) is 9.11. The van der Waals surface area contributed by atoms with Gasteiger partial charge in [-0.1, -0.05) is 84.6 Å². The minimum absolute atomic E-state index is 0.0126. The maximum absolute atomic E-state index is 14.1. The first-order valence-corrected chi connectivity index (χ1v) is 15.8. The van der Waals surface area contributed by atoms with Gasteiger partial charge in [-0.05, 0) is 69.5 Å². The molecule has 220 valence electrons. The van der Waals surface area contributed by atoms with Gasteiger partial charge in [0.05, 0.1) is 10.6 Å². The molecule has 3 rings (SSSR count). The number of benzene rings is 3. The number of halogens is 2. The number of anilines is 1. The number of carbonyl (C=O) groups excluding carboxylic acids is 2. The smallest absolute Gasteiger partial charge is 0.264 e. The fourth-order valence-electron chi connectivity index (χ4n) is 4.30. The maximum Gasteiger partial charge on any atom is 0.264 e. The van der Waals surface area contributed by atoms with Crippen LogP contribution >= 0.6 is 23.2 Å². The highest BCUT2D eigenvalue weighted by Gasteiger charge is 2.34. The molecular formula is C31H37Cl2N3O4S. The molecule has 0 bridgehead atoms. The Kier molecular flexibility index (Phi) is 11.2. The molecule has 0 aliphatic rings. The molecule has 0 fully saturated rings. The SMILES string of the molecule is CC[C@H](C(=O)N[C@@H](C)CC)N(Cc1ccc(C)cc1)C(=O)CN(c1cc(Cl)cc(Cl)c1)S(=O)(=O)c1ccc(C)cc1. The lowest BCUT2D eigenvalue weighted by Crippen LogP contribution is -2.53. The van der Waals surface area contributed by atoms with Crippen molar-refractivity contribution >= 4 is 50.7 Å². The first kappa shape index (κ1) is 32.4. The Labute approximate surface area is 253 Å². The van der Waals surface area contributed by atoms with Gasteiger partial charge in [0.25, 0.3) is 10.0 Å². The molecule has 0 unspecified atom stereocenters. The lowest BCUT2D eigenvalue weighted by atomic mass is 10.1. The van der Waals surface area contributed by atoms with Gasteiger partial charge < -0.3 is 10.2 Å². The van der Waals surface area contributed by atoms with Gasteiger partial charge in [0.2, 0.25) is 11.8 Å². The quantitative estimate of drug-likeness (QED) is 0.250. The summed E-state index contributed by atoms with van der Waals surface area (Å²) in [5, 5.41) is 3.42. The Balaban J connectivity index is 2.09. The van der Waals surface area contributed by atoms with Gasteiger partial charge in [0.1, 0.15) is 12.6 Å². The van der Waals surface area contributed by atoms with E-state index in [0.29, 0.717) is 6.42 Å². The van der Waals surface area contributed by atoms with E-state index in [0.717, 1.165) is 27.4 Å². The summed E-state index contributed by atoms with van der Waals surface area (Å²) in [5.41, 5.74) is 2.91. The van der Waals surface area contributed by atoms with E-state index in [4.69, 9.17) is 23.2 Å². The summed E-state index contributed by atoms with van der Waals surface area (Å²) in [6.45, 7) is 9.07. The minimum atomic E-state index is -4.22. The summed E-state index contributed by atoms with van der Waals surface area (Å²) in [7, 11) is -4.22. The van der Waals surface area contributed by atoms with Crippen LogP contribution in [0.25, 0.3) is 0 Å². The van der Waals surface area contributed by atoms with E-state index >= 15 is 0 Å². The van der Waals surface area contributed by atoms with Gasteiger partial charge in [-0.3, -0.25) is 13.9 Å². The van der Waals surface area contributed by atoms with Crippen LogP contribution in [0.3, 0.4) is 0 Å². The van der Waals surface area contributed by atoms with Crippen molar-refractivity contribution in [3.8, 4) is 0 Å². The molecule has 41 heavy (non-hydrogen) atoms. The summed E-state index contributed by atoms with van der Waals surface area (Å²) >= 11 is 12.5. The average molecular weight is 619 g/mol. The fourth-order valence-corrected chi connectivity index (χ4v) is 6.21. The van der Waals surface area contributed by atoms with E-state index in [1.807, 2.05) is 58.9 Å². The molecule has 0 aromatic heterocycles. The highest BCUT2D eigenvalue weighted by Crippen LogP contribution is 2.30. The van der Waals surface area contributed by atoms with Crippen molar-refractivity contribution in [3.63, 3.8) is 0 Å². The van der Waals surface area contributed by atoms with E-state index in [1.165, 1.54) is 35.2 Å². The van der Waals surface area contributed by atoms with Crippen molar-refractivity contribution in [2.75, 3.05) is 10.8 Å². The predicted octanol–water partition coefficient (Wildman–Crippen LogP) is 6.53. The van der Waals surface area contributed by atoms with E-state index in [1.54, 1.807) is 12.1 Å². The molecule has 0 saturated heterocycles. The number of rotatable bonds is 12. The topological polar surface area (TPSA) is 86.8 Å². The molecule has 1 N–H and O–H groups in total. The lowest BCUT2D eigenvalue weighted by molar-refractivity contribution is -0.140. The van der Waals surface area contributed by atoms with Crippen LogP contribution < -0.4 is 9.62 Å². The summed E-state index contributed by atoms with van der Waals surface area (Å²) in [5.74, 6) is -0.829. The number of hydrogen-bond donors (Lipinski definition) is 1. The Bertz CT molecular complexity index is 1440. The van der Waals surface area contributed by atoms with Gasteiger partial charge in [-0.15, -0.1) is 0 Å². The Morgan fingerprint density at radius 3 is 1.90 bits per heavy atom. The molecule has 0 radical (unpaired) electrons. The van der Waals surface area contributed by atoms with Gasteiger partial charge in [0.15, 0.2) is 0 Å². The zero-order valence-electron chi connectivity index (χ0n) is 24.0. The number of amides is 2. The second-order valence-electron chi connectivity index (χ2n) is 10.2. The second-order valence-corrected chi connectivity index (χ2v) is 12.9. The third-order valence-electron chi connectivity index (χ3n) is 6.88. The van der Waals surface area contributed by atoms with Crippen LogP contribution in [0.15, 0.2) is 71.6 Å². The average Bonchev–Trinajstić information content (AvgIpc) is 2.92. The summed E-state index contributed by atoms with van der Waals surface area (Å²) < 4.78 is 28.9. The van der Waals surface area contributed by atoms with Crippen LogP contribution in [-0.4, -0.2) is 43.8 Å². The van der Waals surface area contributed by atoms with E-state index in [-0.39, 0.29) is 39.1 Å². The Morgan fingerprint density at radius 2 is 1.39 bits per heavy atom. The number of aryl methyl sites for hydroxylation is 2. The summed E-state index contributed by atoms with van der Waals surface area (Å²) in [6, 6.07) is 17.5. The third kappa shape index (κ3) is 8.47. The molecule has 3 aromatic carbocycles. The van der Waals surface area contributed by atoms with Crippen LogP contribution in [0.5, 0.6) is 0 Å². The van der Waals surface area contributed by atoms with Crippen LogP contribution in [0.4, 0.5) is 5.69 Å². The first-order chi connectivity index (χ1) is 19.3. The molecule has 10 heteroatoms. The monoisotopic (exact) mass is 617 g/mol. The van der Waals surface area contributed by atoms with Gasteiger partial charge >= 0.3 is 0 Å². The molecule has 0 aliphatic heterocycles. The fraction of sp³-hybridized carbons (Fsp3) is 0.355. The van der Waals surface area contributed by atoms with Crippen LogP contribution in [0.2, 0.25) is 10.0 Å². The van der Waals surface area contributed by atoms with Crippen molar-refractivity contribution in [2.24, 2.45) is 0 Å². The molecular weight excluding hydrogens is 581 g/mol. The largest absolute Gasteiger partial charge is 0.352 e. The first-order valence-electron chi connectivity index (χ1n) is 13.6. The van der Waals surface area contributed by atoms with Gasteiger partial charge in [-0.2, -0.15) is 0 Å². The van der Waals surface area contributed by atoms with Crippen LogP contribution in [-0.2, 0) is 26.2 Å². The number of carbonyl (C=O) groups is 2. The van der Waals surface area contributed by atoms with Crippen LogP contribution in [0, 0.1) is 13.8 Å². The molecule has 7 nitrogen and oxygen atoms in total. The predicted molar refractivity (Wildman–Crippen MR) is 166 cm³/mol. The Morgan fingerprint density at radius 1 is 0.854 bits per heavy atom. The molecule has 0 spiro atoms. The van der Waals surface area contributed by atoms with Gasteiger partial charge in [0, 0.05) is 22.6 Å². The Hall–Kier alpha value is -3.07. The zero-order chi connectivity index (χ0) is 30.3. The van der Waals surface area contributed by atoms with Crippen LogP contribution in [0.1, 0.15) is 50.3 Å². The minimum Gasteiger partial charge on any atom is -0.352 e. The van der Waals surface area contributed by atoms with Crippen molar-refractivity contribution < 1.29 is 18.0 Å². The molecule has 3 aromatic rings. The summed E-state index contributed by atoms with van der Waals surface area (Å²) in [4.78, 5) is 29.0. The summed E-state index contributed by atoms with van der Waals surface area (Å²) in [6.07, 6.45) is 1.07. The molecule has 2 atom stereocenters. The molecule has 0 heterocycles. The zero-order valence-corrected chi connectivity index (χ0v) is 26.4.